The van der Waals surface area contributed by atoms with Crippen LogP contribution in [0, 0.1) is 0 Å². The number of nitrogens with zero attached hydrogens (tertiary/aromatic N) is 1. The molecule has 0 bridgehead atoms. The van der Waals surface area contributed by atoms with Crippen molar-refractivity contribution in [3.8, 4) is 0 Å². The maximum Gasteiger partial charge on any atom is 0.0870 e. The monoisotopic (exact) mass is 216 g/mol. The molecule has 14 heavy (non-hydrogen) atoms. The average Bonchev–Trinajstić information content (AvgIpc) is 2.14. The second-order valence-corrected chi connectivity index (χ2v) is 4.36. The highest BCUT2D eigenvalue weighted by Gasteiger charge is 2.20. The molecule has 0 radical (unpaired) electrons. The third kappa shape index (κ3) is 4.35. The van der Waals surface area contributed by atoms with Crippen molar-refractivity contribution in [2.45, 2.75) is 32.3 Å². The molecule has 1 aliphatic heterocycles. The Morgan fingerprint density at radius 1 is 1.64 bits per heavy atom. The largest absolute Gasteiger partial charge is 0.392 e. The topological polar surface area (TPSA) is 38.5 Å². The second kappa shape index (κ2) is 6.32. The van der Waals surface area contributed by atoms with E-state index >= 15 is 0 Å². The lowest BCUT2D eigenvalue weighted by Crippen LogP contribution is -2.43. The van der Waals surface area contributed by atoms with Crippen molar-refractivity contribution in [2.75, 3.05) is 26.2 Å². The van der Waals surface area contributed by atoms with Crippen LogP contribution in [0.3, 0.4) is 0 Å². The van der Waals surface area contributed by atoms with Gasteiger partial charge < -0.3 is 10.5 Å². The van der Waals surface area contributed by atoms with Gasteiger partial charge in [0.05, 0.1) is 11.1 Å². The summed E-state index contributed by atoms with van der Waals surface area (Å²) in [7, 11) is 0. The predicted molar refractivity (Wildman–Crippen MR) is 62.5 cm³/mol. The number of likely N-dealkylation sites (tertiary alicyclic amines) is 1. The lowest BCUT2D eigenvalue weighted by atomic mass is 10.1. The van der Waals surface area contributed by atoms with Crippen molar-refractivity contribution in [1.29, 1.82) is 0 Å². The van der Waals surface area contributed by atoms with Crippen LogP contribution in [0.4, 0.5) is 0 Å². The Morgan fingerprint density at radius 2 is 2.43 bits per heavy atom. The van der Waals surface area contributed by atoms with Gasteiger partial charge in [-0.15, -0.1) is 0 Å². The summed E-state index contributed by atoms with van der Waals surface area (Å²) in [5, 5.41) is 0. The fraction of sp³-hybridized carbons (Fsp3) is 0.900. The minimum Gasteiger partial charge on any atom is -0.392 e. The minimum absolute atomic E-state index is 0.387. The number of thiocarbonyl (C=S) groups is 1. The molecule has 3 nitrogen and oxygen atoms in total. The van der Waals surface area contributed by atoms with Crippen molar-refractivity contribution < 1.29 is 4.74 Å². The Hall–Kier alpha value is -0.190. The molecule has 1 unspecified atom stereocenters. The standard InChI is InChI=1S/C10H20N2OS/c1-2-6-13-9-4-3-5-12(7-9)8-10(11)14/h9H,2-8H2,1H3,(H2,11,14). The van der Waals surface area contributed by atoms with Crippen LogP contribution in [0.25, 0.3) is 0 Å². The molecule has 0 aromatic carbocycles. The van der Waals surface area contributed by atoms with Crippen molar-refractivity contribution >= 4 is 17.2 Å². The summed E-state index contributed by atoms with van der Waals surface area (Å²) in [5.41, 5.74) is 5.52. The molecule has 1 saturated heterocycles. The summed E-state index contributed by atoms with van der Waals surface area (Å²) in [6, 6.07) is 0. The average molecular weight is 216 g/mol. The van der Waals surface area contributed by atoms with Crippen LogP contribution in [-0.2, 0) is 4.74 Å². The van der Waals surface area contributed by atoms with Gasteiger partial charge in [0.25, 0.3) is 0 Å². The summed E-state index contributed by atoms with van der Waals surface area (Å²) < 4.78 is 5.72. The SMILES string of the molecule is CCCOC1CCCN(CC(N)=S)C1. The lowest BCUT2D eigenvalue weighted by molar-refractivity contribution is 0.00418. The van der Waals surface area contributed by atoms with E-state index < -0.39 is 0 Å². The molecule has 0 aromatic rings. The Kier molecular flexibility index (Phi) is 5.37. The molecule has 1 atom stereocenters. The number of piperidine rings is 1. The van der Waals surface area contributed by atoms with Crippen LogP contribution in [0.5, 0.6) is 0 Å². The zero-order chi connectivity index (χ0) is 10.4. The zero-order valence-electron chi connectivity index (χ0n) is 8.87. The first-order valence-electron chi connectivity index (χ1n) is 5.34. The smallest absolute Gasteiger partial charge is 0.0870 e. The second-order valence-electron chi connectivity index (χ2n) is 3.84. The molecule has 0 aromatic heterocycles. The van der Waals surface area contributed by atoms with E-state index in [1.54, 1.807) is 0 Å². The van der Waals surface area contributed by atoms with E-state index in [2.05, 4.69) is 11.8 Å². The van der Waals surface area contributed by atoms with Crippen LogP contribution < -0.4 is 5.73 Å². The first-order chi connectivity index (χ1) is 6.72. The van der Waals surface area contributed by atoms with Crippen LogP contribution in [0.2, 0.25) is 0 Å². The molecular formula is C10H20N2OS. The third-order valence-corrected chi connectivity index (χ3v) is 2.53. The van der Waals surface area contributed by atoms with E-state index in [1.165, 1.54) is 12.8 Å². The van der Waals surface area contributed by atoms with Gasteiger partial charge >= 0.3 is 0 Å². The summed E-state index contributed by atoms with van der Waals surface area (Å²) in [6.07, 6.45) is 3.84. The fourth-order valence-corrected chi connectivity index (χ4v) is 1.98. The van der Waals surface area contributed by atoms with E-state index in [9.17, 15) is 0 Å². The van der Waals surface area contributed by atoms with Gasteiger partial charge in [0, 0.05) is 19.7 Å². The van der Waals surface area contributed by atoms with E-state index in [0.717, 1.165) is 32.7 Å². The number of hydrogen-bond acceptors (Lipinski definition) is 3. The van der Waals surface area contributed by atoms with Crippen molar-refractivity contribution in [1.82, 2.24) is 4.90 Å². The molecule has 1 aliphatic rings. The molecule has 82 valence electrons. The van der Waals surface area contributed by atoms with Gasteiger partial charge in [0.15, 0.2) is 0 Å². The minimum atomic E-state index is 0.387. The van der Waals surface area contributed by atoms with Gasteiger partial charge in [-0.2, -0.15) is 0 Å². The van der Waals surface area contributed by atoms with Crippen LogP contribution in [-0.4, -0.2) is 42.2 Å². The highest BCUT2D eigenvalue weighted by Crippen LogP contribution is 2.12. The number of rotatable bonds is 5. The van der Waals surface area contributed by atoms with Crippen molar-refractivity contribution in [3.05, 3.63) is 0 Å². The lowest BCUT2D eigenvalue weighted by Gasteiger charge is -2.32. The van der Waals surface area contributed by atoms with E-state index in [0.29, 0.717) is 11.1 Å². The number of nitrogens with two attached hydrogens (primary N) is 1. The molecule has 0 amide bonds. The summed E-state index contributed by atoms with van der Waals surface area (Å²) in [4.78, 5) is 2.87. The van der Waals surface area contributed by atoms with Crippen LogP contribution in [0.15, 0.2) is 0 Å². The van der Waals surface area contributed by atoms with E-state index in [1.807, 2.05) is 0 Å². The molecule has 0 saturated carbocycles. The predicted octanol–water partition coefficient (Wildman–Crippen LogP) is 1.16. The number of ether oxygens (including phenoxy) is 1. The maximum absolute atomic E-state index is 5.72. The molecule has 0 spiro atoms. The van der Waals surface area contributed by atoms with Gasteiger partial charge in [0.1, 0.15) is 0 Å². The Bertz CT molecular complexity index is 187. The highest BCUT2D eigenvalue weighted by molar-refractivity contribution is 7.80. The van der Waals surface area contributed by atoms with Crippen molar-refractivity contribution in [2.24, 2.45) is 5.73 Å². The van der Waals surface area contributed by atoms with Crippen molar-refractivity contribution in [3.63, 3.8) is 0 Å². The summed E-state index contributed by atoms with van der Waals surface area (Å²) >= 11 is 4.90. The van der Waals surface area contributed by atoms with Gasteiger partial charge in [-0.05, 0) is 25.8 Å². The third-order valence-electron chi connectivity index (χ3n) is 2.40. The number of hydrogen-bond donors (Lipinski definition) is 1. The zero-order valence-corrected chi connectivity index (χ0v) is 9.68. The molecule has 1 rings (SSSR count). The Labute approximate surface area is 91.6 Å². The van der Waals surface area contributed by atoms with Gasteiger partial charge in [-0.1, -0.05) is 19.1 Å². The van der Waals surface area contributed by atoms with E-state index in [4.69, 9.17) is 22.7 Å². The maximum atomic E-state index is 5.72. The first-order valence-corrected chi connectivity index (χ1v) is 5.75. The van der Waals surface area contributed by atoms with E-state index in [-0.39, 0.29) is 0 Å². The quantitative estimate of drug-likeness (QED) is 0.700. The first kappa shape index (κ1) is 11.9. The normalized spacial score (nSPS) is 23.6. The summed E-state index contributed by atoms with van der Waals surface area (Å²) in [5.74, 6) is 0. The highest BCUT2D eigenvalue weighted by atomic mass is 32.1. The van der Waals surface area contributed by atoms with Crippen LogP contribution >= 0.6 is 12.2 Å². The Morgan fingerprint density at radius 3 is 3.07 bits per heavy atom. The van der Waals surface area contributed by atoms with Gasteiger partial charge in [-0.25, -0.2) is 0 Å². The molecule has 2 N–H and O–H groups in total. The molecule has 0 aliphatic carbocycles. The molecule has 4 heteroatoms. The molecule has 1 fully saturated rings. The Balaban J connectivity index is 2.24. The molecular weight excluding hydrogens is 196 g/mol. The molecule has 1 heterocycles. The fourth-order valence-electron chi connectivity index (χ4n) is 1.80. The van der Waals surface area contributed by atoms with Crippen LogP contribution in [0.1, 0.15) is 26.2 Å². The van der Waals surface area contributed by atoms with Gasteiger partial charge in [-0.3, -0.25) is 4.90 Å². The van der Waals surface area contributed by atoms with Gasteiger partial charge in [0.2, 0.25) is 0 Å². The summed E-state index contributed by atoms with van der Waals surface area (Å²) in [6.45, 7) is 5.82.